The van der Waals surface area contributed by atoms with Gasteiger partial charge in [0.1, 0.15) is 0 Å². The summed E-state index contributed by atoms with van der Waals surface area (Å²) in [5, 5.41) is 3.37. The normalized spacial score (nSPS) is 24.8. The van der Waals surface area contributed by atoms with Crippen LogP contribution in [0.15, 0.2) is 0 Å². The monoisotopic (exact) mass is 174 g/mol. The molecular weight excluding hydrogens is 156 g/mol. The lowest BCUT2D eigenvalue weighted by Gasteiger charge is -2.22. The molecule has 66 valence electrons. The van der Waals surface area contributed by atoms with Gasteiger partial charge in [0.2, 0.25) is 0 Å². The van der Waals surface area contributed by atoms with Crippen LogP contribution < -0.4 is 5.32 Å². The summed E-state index contributed by atoms with van der Waals surface area (Å²) in [6, 6.07) is 0.773. The average Bonchev–Trinajstić information content (AvgIpc) is 2.52. The third kappa shape index (κ3) is 3.01. The van der Waals surface area contributed by atoms with Crippen molar-refractivity contribution >= 4 is 12.6 Å². The molecule has 0 aliphatic carbocycles. The summed E-state index contributed by atoms with van der Waals surface area (Å²) in [7, 11) is 2.21. The van der Waals surface area contributed by atoms with Crippen molar-refractivity contribution in [3.8, 4) is 0 Å². The van der Waals surface area contributed by atoms with Crippen molar-refractivity contribution in [3.05, 3.63) is 0 Å². The first-order valence-corrected chi connectivity index (χ1v) is 4.99. The van der Waals surface area contributed by atoms with E-state index in [1.807, 2.05) is 0 Å². The van der Waals surface area contributed by atoms with Crippen LogP contribution in [0.1, 0.15) is 12.8 Å². The highest BCUT2D eigenvalue weighted by molar-refractivity contribution is 7.80. The highest BCUT2D eigenvalue weighted by Crippen LogP contribution is 2.06. The van der Waals surface area contributed by atoms with Crippen LogP contribution in [0.4, 0.5) is 0 Å². The average molecular weight is 174 g/mol. The molecule has 1 rings (SSSR count). The molecule has 1 aliphatic heterocycles. The predicted octanol–water partition coefficient (Wildman–Crippen LogP) is 0.600. The molecule has 1 fully saturated rings. The molecule has 1 aliphatic rings. The van der Waals surface area contributed by atoms with Crippen molar-refractivity contribution in [1.29, 1.82) is 0 Å². The highest BCUT2D eigenvalue weighted by atomic mass is 32.1. The Morgan fingerprint density at radius 1 is 1.64 bits per heavy atom. The largest absolute Gasteiger partial charge is 0.315 e. The summed E-state index contributed by atoms with van der Waals surface area (Å²) in [6.45, 7) is 3.55. The minimum Gasteiger partial charge on any atom is -0.315 e. The lowest BCUT2D eigenvalue weighted by molar-refractivity contribution is 0.258. The second kappa shape index (κ2) is 5.01. The van der Waals surface area contributed by atoms with Gasteiger partial charge >= 0.3 is 0 Å². The summed E-state index contributed by atoms with van der Waals surface area (Å²) < 4.78 is 0. The molecule has 1 saturated heterocycles. The Balaban J connectivity index is 2.12. The Morgan fingerprint density at radius 2 is 2.45 bits per heavy atom. The number of thiol groups is 1. The van der Waals surface area contributed by atoms with Crippen molar-refractivity contribution in [2.75, 3.05) is 32.4 Å². The first-order chi connectivity index (χ1) is 5.34. The van der Waals surface area contributed by atoms with Crippen molar-refractivity contribution in [2.45, 2.75) is 18.9 Å². The number of hydrogen-bond acceptors (Lipinski definition) is 3. The minimum atomic E-state index is 0.773. The molecule has 0 aromatic heterocycles. The van der Waals surface area contributed by atoms with Gasteiger partial charge in [-0.1, -0.05) is 0 Å². The first kappa shape index (κ1) is 9.36. The molecule has 1 heterocycles. The van der Waals surface area contributed by atoms with Gasteiger partial charge in [-0.25, -0.2) is 0 Å². The third-order valence-corrected chi connectivity index (χ3v) is 2.64. The van der Waals surface area contributed by atoms with Gasteiger partial charge in [0.15, 0.2) is 0 Å². The molecule has 0 saturated carbocycles. The van der Waals surface area contributed by atoms with E-state index in [0.717, 1.165) is 11.8 Å². The summed E-state index contributed by atoms with van der Waals surface area (Å²) >= 11 is 4.20. The molecule has 11 heavy (non-hydrogen) atoms. The maximum absolute atomic E-state index is 4.20. The molecule has 0 aromatic carbocycles. The van der Waals surface area contributed by atoms with Crippen LogP contribution in [0.2, 0.25) is 0 Å². The van der Waals surface area contributed by atoms with Crippen LogP contribution in [-0.4, -0.2) is 43.4 Å². The topological polar surface area (TPSA) is 15.3 Å². The fourth-order valence-electron chi connectivity index (χ4n) is 1.52. The van der Waals surface area contributed by atoms with Gasteiger partial charge in [-0.3, -0.25) is 0 Å². The van der Waals surface area contributed by atoms with Gasteiger partial charge in [0, 0.05) is 12.6 Å². The summed E-state index contributed by atoms with van der Waals surface area (Å²) in [6.07, 6.45) is 2.51. The lowest BCUT2D eigenvalue weighted by atomic mass is 10.2. The smallest absolute Gasteiger partial charge is 0.0229 e. The van der Waals surface area contributed by atoms with Crippen LogP contribution in [0.25, 0.3) is 0 Å². The molecule has 0 bridgehead atoms. The summed E-state index contributed by atoms with van der Waals surface area (Å²) in [5.41, 5.74) is 0. The number of nitrogens with zero attached hydrogens (tertiary/aromatic N) is 1. The maximum Gasteiger partial charge on any atom is 0.0229 e. The second-order valence-corrected chi connectivity index (χ2v) is 3.65. The van der Waals surface area contributed by atoms with E-state index < -0.39 is 0 Å². The van der Waals surface area contributed by atoms with E-state index >= 15 is 0 Å². The van der Waals surface area contributed by atoms with Crippen molar-refractivity contribution in [1.82, 2.24) is 10.2 Å². The molecule has 2 nitrogen and oxygen atoms in total. The number of hydrogen-bond donors (Lipinski definition) is 2. The Bertz CT molecular complexity index is 102. The van der Waals surface area contributed by atoms with Crippen molar-refractivity contribution in [3.63, 3.8) is 0 Å². The van der Waals surface area contributed by atoms with Gasteiger partial charge in [0.05, 0.1) is 0 Å². The minimum absolute atomic E-state index is 0.773. The van der Waals surface area contributed by atoms with Gasteiger partial charge in [-0.2, -0.15) is 12.6 Å². The quantitative estimate of drug-likeness (QED) is 0.607. The predicted molar refractivity (Wildman–Crippen MR) is 52.4 cm³/mol. The molecule has 1 N–H and O–H groups in total. The molecule has 0 amide bonds. The Kier molecular flexibility index (Phi) is 4.26. The Hall–Kier alpha value is 0.270. The van der Waals surface area contributed by atoms with Gasteiger partial charge < -0.3 is 10.2 Å². The molecule has 0 aromatic rings. The molecule has 1 unspecified atom stereocenters. The van der Waals surface area contributed by atoms with E-state index in [0.29, 0.717) is 0 Å². The zero-order valence-corrected chi connectivity index (χ0v) is 8.11. The Morgan fingerprint density at radius 3 is 3.00 bits per heavy atom. The molecule has 0 spiro atoms. The molecular formula is C8H18N2S. The lowest BCUT2D eigenvalue weighted by Crippen LogP contribution is -2.34. The molecule has 3 heteroatoms. The van der Waals surface area contributed by atoms with E-state index in [-0.39, 0.29) is 0 Å². The van der Waals surface area contributed by atoms with Gasteiger partial charge in [0.25, 0.3) is 0 Å². The van der Waals surface area contributed by atoms with E-state index in [1.165, 1.54) is 32.5 Å². The van der Waals surface area contributed by atoms with Crippen LogP contribution in [0.3, 0.4) is 0 Å². The number of nitrogens with one attached hydrogen (secondary N) is 1. The third-order valence-electron chi connectivity index (χ3n) is 2.33. The molecule has 0 radical (unpaired) electrons. The summed E-state index contributed by atoms with van der Waals surface area (Å²) in [4.78, 5) is 2.44. The maximum atomic E-state index is 4.20. The van der Waals surface area contributed by atoms with E-state index in [2.05, 4.69) is 29.9 Å². The van der Waals surface area contributed by atoms with E-state index in [9.17, 15) is 0 Å². The standard InChI is InChI=1S/C8H18N2S/c1-10(5-2-6-11)8-3-4-9-7-8/h8-9,11H,2-7H2,1H3. The SMILES string of the molecule is CN(CCCS)C1CCNC1. The van der Waals surface area contributed by atoms with E-state index in [4.69, 9.17) is 0 Å². The molecule has 1 atom stereocenters. The van der Waals surface area contributed by atoms with Crippen LogP contribution >= 0.6 is 12.6 Å². The number of likely N-dealkylation sites (N-methyl/N-ethyl adjacent to an activating group) is 1. The van der Waals surface area contributed by atoms with Crippen LogP contribution in [0, 0.1) is 0 Å². The fraction of sp³-hybridized carbons (Fsp3) is 1.00. The van der Waals surface area contributed by atoms with Crippen LogP contribution in [-0.2, 0) is 0 Å². The van der Waals surface area contributed by atoms with Crippen molar-refractivity contribution < 1.29 is 0 Å². The zero-order chi connectivity index (χ0) is 8.10. The highest BCUT2D eigenvalue weighted by Gasteiger charge is 2.17. The van der Waals surface area contributed by atoms with E-state index in [1.54, 1.807) is 0 Å². The Labute approximate surface area is 74.8 Å². The second-order valence-electron chi connectivity index (χ2n) is 3.20. The summed E-state index contributed by atoms with van der Waals surface area (Å²) in [5.74, 6) is 1.00. The number of rotatable bonds is 4. The fourth-order valence-corrected chi connectivity index (χ4v) is 1.66. The first-order valence-electron chi connectivity index (χ1n) is 4.36. The zero-order valence-electron chi connectivity index (χ0n) is 7.21. The van der Waals surface area contributed by atoms with Crippen LogP contribution in [0.5, 0.6) is 0 Å². The van der Waals surface area contributed by atoms with Gasteiger partial charge in [-0.15, -0.1) is 0 Å². The van der Waals surface area contributed by atoms with Gasteiger partial charge in [-0.05, 0) is 38.7 Å². The van der Waals surface area contributed by atoms with Crippen molar-refractivity contribution in [2.24, 2.45) is 0 Å².